The Bertz CT molecular complexity index is 383. The number of nitrogens with one attached hydrogen (secondary N) is 1. The summed E-state index contributed by atoms with van der Waals surface area (Å²) in [4.78, 5) is 2.58. The lowest BCUT2D eigenvalue weighted by Gasteiger charge is -1.96. The molecule has 0 bridgehead atoms. The van der Waals surface area contributed by atoms with Gasteiger partial charge in [-0.15, -0.1) is 0 Å². The number of fused-ring (bicyclic) bond motifs is 1. The quantitative estimate of drug-likeness (QED) is 0.721. The maximum Gasteiger partial charge on any atom is 0.133 e. The van der Waals surface area contributed by atoms with Crippen molar-refractivity contribution >= 4 is 22.7 Å². The van der Waals surface area contributed by atoms with Gasteiger partial charge in [0.25, 0.3) is 0 Å². The standard InChI is InChI=1S/C9H8ClNO/c10-11-6-7-1-2-9-8(5-7)3-4-12-9/h1-5,11H,6H2. The van der Waals surface area contributed by atoms with Gasteiger partial charge in [-0.05, 0) is 35.5 Å². The van der Waals surface area contributed by atoms with Crippen molar-refractivity contribution in [2.75, 3.05) is 0 Å². The van der Waals surface area contributed by atoms with Gasteiger partial charge in [0, 0.05) is 11.9 Å². The van der Waals surface area contributed by atoms with Crippen molar-refractivity contribution in [1.29, 1.82) is 0 Å². The van der Waals surface area contributed by atoms with Gasteiger partial charge in [0.15, 0.2) is 0 Å². The molecule has 0 fully saturated rings. The molecule has 0 radical (unpaired) electrons. The molecular formula is C9H8ClNO. The minimum absolute atomic E-state index is 0.669. The minimum Gasteiger partial charge on any atom is -0.464 e. The Hall–Kier alpha value is -0.990. The summed E-state index contributed by atoms with van der Waals surface area (Å²) in [6.45, 7) is 0.669. The number of benzene rings is 1. The highest BCUT2D eigenvalue weighted by Gasteiger charge is 1.97. The fourth-order valence-corrected chi connectivity index (χ4v) is 1.36. The molecule has 1 aromatic carbocycles. The second-order valence-corrected chi connectivity index (χ2v) is 2.87. The van der Waals surface area contributed by atoms with E-state index in [4.69, 9.17) is 16.2 Å². The maximum absolute atomic E-state index is 5.39. The van der Waals surface area contributed by atoms with Crippen LogP contribution in [-0.2, 0) is 6.54 Å². The third kappa shape index (κ3) is 1.31. The molecular weight excluding hydrogens is 174 g/mol. The average Bonchev–Trinajstić information content (AvgIpc) is 2.51. The van der Waals surface area contributed by atoms with Gasteiger partial charge in [0.2, 0.25) is 0 Å². The summed E-state index contributed by atoms with van der Waals surface area (Å²) in [5, 5.41) is 1.11. The Morgan fingerprint density at radius 1 is 1.33 bits per heavy atom. The molecule has 3 heteroatoms. The molecule has 0 unspecified atom stereocenters. The van der Waals surface area contributed by atoms with E-state index in [-0.39, 0.29) is 0 Å². The second kappa shape index (κ2) is 3.17. The van der Waals surface area contributed by atoms with Crippen molar-refractivity contribution in [3.05, 3.63) is 36.1 Å². The number of rotatable bonds is 2. The van der Waals surface area contributed by atoms with Gasteiger partial charge in [0.05, 0.1) is 6.26 Å². The van der Waals surface area contributed by atoms with Crippen LogP contribution in [0.5, 0.6) is 0 Å². The molecule has 1 aromatic heterocycles. The van der Waals surface area contributed by atoms with Gasteiger partial charge in [-0.3, -0.25) is 0 Å². The van der Waals surface area contributed by atoms with Crippen molar-refractivity contribution in [3.63, 3.8) is 0 Å². The van der Waals surface area contributed by atoms with Crippen molar-refractivity contribution in [2.24, 2.45) is 0 Å². The first-order valence-corrected chi connectivity index (χ1v) is 4.07. The summed E-state index contributed by atoms with van der Waals surface area (Å²) in [6.07, 6.45) is 1.68. The zero-order valence-electron chi connectivity index (χ0n) is 6.38. The van der Waals surface area contributed by atoms with Crippen molar-refractivity contribution in [2.45, 2.75) is 6.54 Å². The summed E-state index contributed by atoms with van der Waals surface area (Å²) in [6, 6.07) is 7.92. The first kappa shape index (κ1) is 7.65. The largest absolute Gasteiger partial charge is 0.464 e. The number of hydrogen-bond donors (Lipinski definition) is 1. The van der Waals surface area contributed by atoms with Crippen LogP contribution < -0.4 is 4.84 Å². The summed E-state index contributed by atoms with van der Waals surface area (Å²) in [5.41, 5.74) is 2.06. The lowest BCUT2D eigenvalue weighted by molar-refractivity contribution is 0.616. The number of furan rings is 1. The minimum atomic E-state index is 0.669. The molecule has 12 heavy (non-hydrogen) atoms. The third-order valence-electron chi connectivity index (χ3n) is 1.79. The summed E-state index contributed by atoms with van der Waals surface area (Å²) in [5.74, 6) is 0. The maximum atomic E-state index is 5.39. The fraction of sp³-hybridized carbons (Fsp3) is 0.111. The van der Waals surface area contributed by atoms with Crippen LogP contribution in [0.2, 0.25) is 0 Å². The monoisotopic (exact) mass is 181 g/mol. The highest BCUT2D eigenvalue weighted by Crippen LogP contribution is 2.16. The average molecular weight is 182 g/mol. The van der Waals surface area contributed by atoms with E-state index in [0.29, 0.717) is 6.54 Å². The van der Waals surface area contributed by atoms with Crippen molar-refractivity contribution in [1.82, 2.24) is 4.84 Å². The zero-order valence-corrected chi connectivity index (χ0v) is 7.14. The van der Waals surface area contributed by atoms with Crippen LogP contribution >= 0.6 is 11.8 Å². The topological polar surface area (TPSA) is 25.2 Å². The van der Waals surface area contributed by atoms with Gasteiger partial charge in [-0.1, -0.05) is 6.07 Å². The number of hydrogen-bond acceptors (Lipinski definition) is 2. The van der Waals surface area contributed by atoms with E-state index in [1.54, 1.807) is 6.26 Å². The predicted molar refractivity (Wildman–Crippen MR) is 48.9 cm³/mol. The highest BCUT2D eigenvalue weighted by atomic mass is 35.5. The van der Waals surface area contributed by atoms with Crippen LogP contribution in [0.25, 0.3) is 11.0 Å². The van der Waals surface area contributed by atoms with E-state index < -0.39 is 0 Å². The van der Waals surface area contributed by atoms with E-state index in [1.807, 2.05) is 24.3 Å². The molecule has 0 amide bonds. The molecule has 0 aliphatic rings. The lowest BCUT2D eigenvalue weighted by atomic mass is 10.2. The molecule has 0 atom stereocenters. The predicted octanol–water partition coefficient (Wildman–Crippen LogP) is 2.68. The molecule has 1 N–H and O–H groups in total. The molecule has 0 aliphatic carbocycles. The van der Waals surface area contributed by atoms with E-state index in [2.05, 4.69) is 4.84 Å². The second-order valence-electron chi connectivity index (χ2n) is 2.60. The normalized spacial score (nSPS) is 10.8. The van der Waals surface area contributed by atoms with Gasteiger partial charge in [-0.25, -0.2) is 4.84 Å². The Labute approximate surface area is 75.2 Å². The fourth-order valence-electron chi connectivity index (χ4n) is 1.20. The lowest BCUT2D eigenvalue weighted by Crippen LogP contribution is -1.97. The summed E-state index contributed by atoms with van der Waals surface area (Å²) >= 11 is 5.39. The van der Waals surface area contributed by atoms with Crippen LogP contribution in [-0.4, -0.2) is 0 Å². The van der Waals surface area contributed by atoms with Gasteiger partial charge >= 0.3 is 0 Å². The SMILES string of the molecule is ClNCc1ccc2occc2c1. The summed E-state index contributed by atoms with van der Waals surface area (Å²) < 4.78 is 5.20. The van der Waals surface area contributed by atoms with E-state index >= 15 is 0 Å². The molecule has 0 saturated carbocycles. The highest BCUT2D eigenvalue weighted by molar-refractivity contribution is 6.13. The first-order chi connectivity index (χ1) is 5.90. The van der Waals surface area contributed by atoms with E-state index in [1.165, 1.54) is 0 Å². The van der Waals surface area contributed by atoms with Crippen LogP contribution in [0.1, 0.15) is 5.56 Å². The van der Waals surface area contributed by atoms with E-state index in [0.717, 1.165) is 16.5 Å². The Kier molecular flexibility index (Phi) is 2.02. The van der Waals surface area contributed by atoms with Crippen molar-refractivity contribution in [3.8, 4) is 0 Å². The van der Waals surface area contributed by atoms with Gasteiger partial charge < -0.3 is 4.42 Å². The van der Waals surface area contributed by atoms with Crippen LogP contribution in [0, 0.1) is 0 Å². The Morgan fingerprint density at radius 3 is 3.08 bits per heavy atom. The molecule has 2 nitrogen and oxygen atoms in total. The molecule has 2 rings (SSSR count). The van der Waals surface area contributed by atoms with Crippen LogP contribution in [0.15, 0.2) is 34.9 Å². The molecule has 0 saturated heterocycles. The van der Waals surface area contributed by atoms with Crippen LogP contribution in [0.3, 0.4) is 0 Å². The molecule has 62 valence electrons. The van der Waals surface area contributed by atoms with Gasteiger partial charge in [0.1, 0.15) is 5.58 Å². The molecule has 1 heterocycles. The number of halogens is 1. The zero-order chi connectivity index (χ0) is 8.39. The first-order valence-electron chi connectivity index (χ1n) is 3.70. The molecule has 2 aromatic rings. The van der Waals surface area contributed by atoms with Crippen LogP contribution in [0.4, 0.5) is 0 Å². The van der Waals surface area contributed by atoms with Crippen molar-refractivity contribution < 1.29 is 4.42 Å². The van der Waals surface area contributed by atoms with E-state index in [9.17, 15) is 0 Å². The molecule has 0 aliphatic heterocycles. The smallest absolute Gasteiger partial charge is 0.133 e. The third-order valence-corrected chi connectivity index (χ3v) is 1.92. The molecule has 0 spiro atoms. The Morgan fingerprint density at radius 2 is 2.25 bits per heavy atom. The Balaban J connectivity index is 2.46. The summed E-state index contributed by atoms with van der Waals surface area (Å²) in [7, 11) is 0. The van der Waals surface area contributed by atoms with Gasteiger partial charge in [-0.2, -0.15) is 0 Å².